The number of carbonyl (C=O) groups excluding carboxylic acids is 1. The molecule has 2 aromatic carbocycles. The number of amides is 1. The largest absolute Gasteiger partial charge is 0.370 e. The van der Waals surface area contributed by atoms with Crippen LogP contribution in [0.5, 0.6) is 0 Å². The highest BCUT2D eigenvalue weighted by molar-refractivity contribution is 5.79. The van der Waals surface area contributed by atoms with Crippen molar-refractivity contribution in [2.24, 2.45) is 0 Å². The third-order valence-electron chi connectivity index (χ3n) is 4.89. The summed E-state index contributed by atoms with van der Waals surface area (Å²) in [6.07, 6.45) is 1.39. The van der Waals surface area contributed by atoms with Gasteiger partial charge in [-0.05, 0) is 55.7 Å². The Bertz CT molecular complexity index is 742. The highest BCUT2D eigenvalue weighted by atomic mass is 19.1. The minimum absolute atomic E-state index is 0.189. The van der Waals surface area contributed by atoms with Gasteiger partial charge in [0.1, 0.15) is 5.82 Å². The maximum Gasteiger partial charge on any atom is 0.227 e. The van der Waals surface area contributed by atoms with Crippen LogP contribution in [-0.4, -0.2) is 37.0 Å². The van der Waals surface area contributed by atoms with Crippen LogP contribution in [0.4, 0.5) is 10.1 Å². The lowest BCUT2D eigenvalue weighted by Crippen LogP contribution is -2.36. The Labute approximate surface area is 149 Å². The fourth-order valence-corrected chi connectivity index (χ4v) is 3.34. The SMILES string of the molecule is Cc1ccc(C)c(CC(=O)N2CCCN(c3ccc(F)cc3)CC2)c1. The van der Waals surface area contributed by atoms with E-state index in [2.05, 4.69) is 36.9 Å². The summed E-state index contributed by atoms with van der Waals surface area (Å²) < 4.78 is 13.1. The van der Waals surface area contributed by atoms with E-state index >= 15 is 0 Å². The summed E-state index contributed by atoms with van der Waals surface area (Å²) in [4.78, 5) is 16.9. The van der Waals surface area contributed by atoms with Gasteiger partial charge in [-0.3, -0.25) is 4.79 Å². The molecule has 132 valence electrons. The predicted molar refractivity (Wildman–Crippen MR) is 99.4 cm³/mol. The number of anilines is 1. The van der Waals surface area contributed by atoms with Crippen LogP contribution in [0.25, 0.3) is 0 Å². The average Bonchev–Trinajstić information content (AvgIpc) is 2.85. The normalized spacial score (nSPS) is 15.2. The van der Waals surface area contributed by atoms with Crippen molar-refractivity contribution in [3.8, 4) is 0 Å². The van der Waals surface area contributed by atoms with E-state index in [1.165, 1.54) is 23.3 Å². The Morgan fingerprint density at radius 2 is 1.76 bits per heavy atom. The molecule has 1 heterocycles. The number of hydrogen-bond donors (Lipinski definition) is 0. The zero-order valence-corrected chi connectivity index (χ0v) is 15.0. The Morgan fingerprint density at radius 3 is 2.52 bits per heavy atom. The van der Waals surface area contributed by atoms with Crippen LogP contribution >= 0.6 is 0 Å². The molecule has 0 N–H and O–H groups in total. The fourth-order valence-electron chi connectivity index (χ4n) is 3.34. The fraction of sp³-hybridized carbons (Fsp3) is 0.381. The van der Waals surface area contributed by atoms with Crippen LogP contribution in [0.15, 0.2) is 42.5 Å². The van der Waals surface area contributed by atoms with Crippen LogP contribution < -0.4 is 4.90 Å². The van der Waals surface area contributed by atoms with E-state index in [1.54, 1.807) is 0 Å². The van der Waals surface area contributed by atoms with E-state index in [-0.39, 0.29) is 11.7 Å². The van der Waals surface area contributed by atoms with Crippen LogP contribution in [0.3, 0.4) is 0 Å². The minimum Gasteiger partial charge on any atom is -0.370 e. The molecule has 1 amide bonds. The summed E-state index contributed by atoms with van der Waals surface area (Å²) in [5.74, 6) is -0.0291. The Morgan fingerprint density at radius 1 is 1.00 bits per heavy atom. The van der Waals surface area contributed by atoms with Gasteiger partial charge in [-0.15, -0.1) is 0 Å². The molecular weight excluding hydrogens is 315 g/mol. The molecule has 25 heavy (non-hydrogen) atoms. The van der Waals surface area contributed by atoms with Crippen molar-refractivity contribution in [1.29, 1.82) is 0 Å². The first-order valence-electron chi connectivity index (χ1n) is 8.87. The zero-order chi connectivity index (χ0) is 17.8. The number of nitrogens with zero attached hydrogens (tertiary/aromatic N) is 2. The molecule has 4 heteroatoms. The van der Waals surface area contributed by atoms with Gasteiger partial charge in [-0.2, -0.15) is 0 Å². The molecule has 3 nitrogen and oxygen atoms in total. The molecule has 0 atom stereocenters. The quantitative estimate of drug-likeness (QED) is 0.850. The molecule has 0 aliphatic carbocycles. The van der Waals surface area contributed by atoms with Gasteiger partial charge in [0.05, 0.1) is 6.42 Å². The lowest BCUT2D eigenvalue weighted by Gasteiger charge is -2.24. The van der Waals surface area contributed by atoms with Gasteiger partial charge in [-0.25, -0.2) is 4.39 Å². The van der Waals surface area contributed by atoms with E-state index in [0.29, 0.717) is 13.0 Å². The van der Waals surface area contributed by atoms with Gasteiger partial charge in [0, 0.05) is 31.9 Å². The number of benzene rings is 2. The average molecular weight is 340 g/mol. The van der Waals surface area contributed by atoms with Crippen LogP contribution in [0.1, 0.15) is 23.1 Å². The number of carbonyl (C=O) groups is 1. The molecule has 1 aliphatic rings. The standard InChI is InChI=1S/C21H25FN2O/c1-16-4-5-17(2)18(14-16)15-21(25)24-11-3-10-23(12-13-24)20-8-6-19(22)7-9-20/h4-9,14H,3,10-13,15H2,1-2H3. The second-order valence-electron chi connectivity index (χ2n) is 6.80. The molecule has 0 bridgehead atoms. The van der Waals surface area contributed by atoms with Crippen molar-refractivity contribution in [2.75, 3.05) is 31.1 Å². The van der Waals surface area contributed by atoms with Crippen molar-refractivity contribution in [3.63, 3.8) is 0 Å². The van der Waals surface area contributed by atoms with Gasteiger partial charge < -0.3 is 9.80 Å². The maximum atomic E-state index is 13.1. The summed E-state index contributed by atoms with van der Waals surface area (Å²) in [7, 11) is 0. The minimum atomic E-state index is -0.219. The molecule has 1 fully saturated rings. The number of aryl methyl sites for hydroxylation is 2. The number of rotatable bonds is 3. The van der Waals surface area contributed by atoms with Crippen LogP contribution in [0, 0.1) is 19.7 Å². The second kappa shape index (κ2) is 7.68. The molecule has 0 aromatic heterocycles. The summed E-state index contributed by atoms with van der Waals surface area (Å²) in [5.41, 5.74) is 4.49. The van der Waals surface area contributed by atoms with E-state index in [9.17, 15) is 9.18 Å². The van der Waals surface area contributed by atoms with Crippen LogP contribution in [-0.2, 0) is 11.2 Å². The second-order valence-corrected chi connectivity index (χ2v) is 6.80. The van der Waals surface area contributed by atoms with Gasteiger partial charge in [-0.1, -0.05) is 23.8 Å². The molecule has 0 saturated carbocycles. The van der Waals surface area contributed by atoms with Crippen LogP contribution in [0.2, 0.25) is 0 Å². The highest BCUT2D eigenvalue weighted by Crippen LogP contribution is 2.18. The Balaban J connectivity index is 1.63. The topological polar surface area (TPSA) is 23.6 Å². The van der Waals surface area contributed by atoms with E-state index in [4.69, 9.17) is 0 Å². The molecule has 3 rings (SSSR count). The first-order chi connectivity index (χ1) is 12.0. The predicted octanol–water partition coefficient (Wildman–Crippen LogP) is 3.72. The van der Waals surface area contributed by atoms with Gasteiger partial charge in [0.15, 0.2) is 0 Å². The van der Waals surface area contributed by atoms with Gasteiger partial charge >= 0.3 is 0 Å². The maximum absolute atomic E-state index is 13.1. The van der Waals surface area contributed by atoms with Gasteiger partial charge in [0.25, 0.3) is 0 Å². The lowest BCUT2D eigenvalue weighted by molar-refractivity contribution is -0.130. The first-order valence-corrected chi connectivity index (χ1v) is 8.87. The monoisotopic (exact) mass is 340 g/mol. The molecule has 0 radical (unpaired) electrons. The van der Waals surface area contributed by atoms with E-state index in [0.717, 1.165) is 37.3 Å². The first kappa shape index (κ1) is 17.5. The highest BCUT2D eigenvalue weighted by Gasteiger charge is 2.20. The van der Waals surface area contributed by atoms with Crippen molar-refractivity contribution >= 4 is 11.6 Å². The van der Waals surface area contributed by atoms with Crippen molar-refractivity contribution < 1.29 is 9.18 Å². The summed E-state index contributed by atoms with van der Waals surface area (Å²) >= 11 is 0. The van der Waals surface area contributed by atoms with Crippen molar-refractivity contribution in [1.82, 2.24) is 4.90 Å². The van der Waals surface area contributed by atoms with E-state index in [1.807, 2.05) is 17.0 Å². The third kappa shape index (κ3) is 4.38. The molecule has 0 unspecified atom stereocenters. The van der Waals surface area contributed by atoms with Gasteiger partial charge in [0.2, 0.25) is 5.91 Å². The zero-order valence-electron chi connectivity index (χ0n) is 15.0. The van der Waals surface area contributed by atoms with E-state index < -0.39 is 0 Å². The van der Waals surface area contributed by atoms with Crippen molar-refractivity contribution in [3.05, 3.63) is 65.0 Å². The molecule has 1 saturated heterocycles. The Kier molecular flexibility index (Phi) is 5.37. The molecule has 1 aliphatic heterocycles. The summed E-state index contributed by atoms with van der Waals surface area (Å²) in [6, 6.07) is 12.9. The molecular formula is C21H25FN2O. The van der Waals surface area contributed by atoms with Crippen molar-refractivity contribution in [2.45, 2.75) is 26.7 Å². The summed E-state index contributed by atoms with van der Waals surface area (Å²) in [5, 5.41) is 0. The smallest absolute Gasteiger partial charge is 0.227 e. The third-order valence-corrected chi connectivity index (χ3v) is 4.89. The number of hydrogen-bond acceptors (Lipinski definition) is 2. The number of halogens is 1. The summed E-state index contributed by atoms with van der Waals surface area (Å²) in [6.45, 7) is 7.27. The lowest BCUT2D eigenvalue weighted by atomic mass is 10.0. The molecule has 0 spiro atoms. The molecule has 2 aromatic rings. The Hall–Kier alpha value is -2.36.